The number of nitrogens with zero attached hydrogens (tertiary/aromatic N) is 3. The van der Waals surface area contributed by atoms with Crippen LogP contribution in [0.2, 0.25) is 0 Å². The zero-order valence-corrected chi connectivity index (χ0v) is 11.8. The first-order valence-electron chi connectivity index (χ1n) is 6.76. The smallest absolute Gasteiger partial charge is 0.122 e. The van der Waals surface area contributed by atoms with Gasteiger partial charge in [0.15, 0.2) is 0 Å². The van der Waals surface area contributed by atoms with Gasteiger partial charge in [-0.3, -0.25) is 4.98 Å². The van der Waals surface area contributed by atoms with Gasteiger partial charge in [-0.15, -0.1) is 0 Å². The van der Waals surface area contributed by atoms with E-state index in [4.69, 9.17) is 0 Å². The number of pyridine rings is 1. The Bertz CT molecular complexity index is 730. The van der Waals surface area contributed by atoms with Gasteiger partial charge >= 0.3 is 0 Å². The van der Waals surface area contributed by atoms with Gasteiger partial charge in [-0.2, -0.15) is 0 Å². The fraction of sp³-hybridized carbons (Fsp3) is 0.250. The van der Waals surface area contributed by atoms with Crippen LogP contribution in [0.15, 0.2) is 42.7 Å². The first-order chi connectivity index (χ1) is 9.74. The van der Waals surface area contributed by atoms with Crippen LogP contribution in [-0.4, -0.2) is 14.5 Å². The van der Waals surface area contributed by atoms with Crippen LogP contribution in [0.5, 0.6) is 0 Å². The van der Waals surface area contributed by atoms with Crippen molar-refractivity contribution in [1.82, 2.24) is 19.9 Å². The minimum atomic E-state index is 0.763. The second-order valence-electron chi connectivity index (χ2n) is 5.00. The largest absolute Gasteiger partial charge is 0.337 e. The molecule has 0 aliphatic carbocycles. The molecular formula is C16H18N4. The van der Waals surface area contributed by atoms with Crippen LogP contribution in [0, 0.1) is 6.92 Å². The van der Waals surface area contributed by atoms with Gasteiger partial charge in [-0.25, -0.2) is 4.98 Å². The minimum Gasteiger partial charge on any atom is -0.337 e. The number of rotatable bonds is 4. The lowest BCUT2D eigenvalue weighted by atomic mass is 10.1. The lowest BCUT2D eigenvalue weighted by molar-refractivity contribution is 0.640. The Labute approximate surface area is 118 Å². The van der Waals surface area contributed by atoms with Crippen molar-refractivity contribution >= 4 is 10.9 Å². The van der Waals surface area contributed by atoms with Crippen LogP contribution in [-0.2, 0) is 20.1 Å². The molecule has 0 radical (unpaired) electrons. The van der Waals surface area contributed by atoms with E-state index in [1.807, 2.05) is 37.0 Å². The molecule has 3 aromatic rings. The maximum atomic E-state index is 4.56. The van der Waals surface area contributed by atoms with Crippen molar-refractivity contribution < 1.29 is 0 Å². The fourth-order valence-electron chi connectivity index (χ4n) is 2.42. The molecule has 0 saturated carbocycles. The van der Waals surface area contributed by atoms with Gasteiger partial charge in [0.25, 0.3) is 0 Å². The predicted octanol–water partition coefficient (Wildman–Crippen LogP) is 2.57. The Balaban J connectivity index is 1.79. The molecule has 0 unspecified atom stereocenters. The monoisotopic (exact) mass is 266 g/mol. The van der Waals surface area contributed by atoms with Crippen molar-refractivity contribution in [2.75, 3.05) is 0 Å². The van der Waals surface area contributed by atoms with E-state index in [1.54, 1.807) is 0 Å². The molecule has 20 heavy (non-hydrogen) atoms. The van der Waals surface area contributed by atoms with E-state index in [0.29, 0.717) is 0 Å². The number of hydrogen-bond donors (Lipinski definition) is 1. The highest BCUT2D eigenvalue weighted by Gasteiger charge is 2.04. The van der Waals surface area contributed by atoms with Crippen LogP contribution < -0.4 is 5.32 Å². The van der Waals surface area contributed by atoms with Crippen molar-refractivity contribution in [3.05, 3.63) is 59.8 Å². The molecule has 0 spiro atoms. The Hall–Kier alpha value is -2.20. The van der Waals surface area contributed by atoms with Gasteiger partial charge in [-0.1, -0.05) is 18.2 Å². The molecule has 0 aliphatic rings. The molecule has 0 atom stereocenters. The average molecular weight is 266 g/mol. The quantitative estimate of drug-likeness (QED) is 0.789. The Kier molecular flexibility index (Phi) is 3.48. The van der Waals surface area contributed by atoms with E-state index in [1.165, 1.54) is 10.9 Å². The fourth-order valence-corrected chi connectivity index (χ4v) is 2.42. The number of imidazole rings is 1. The summed E-state index contributed by atoms with van der Waals surface area (Å²) in [7, 11) is 2.01. The zero-order valence-electron chi connectivity index (χ0n) is 11.8. The number of para-hydroxylation sites is 1. The van der Waals surface area contributed by atoms with Crippen LogP contribution in [0.25, 0.3) is 10.9 Å². The molecular weight excluding hydrogens is 248 g/mol. The summed E-state index contributed by atoms with van der Waals surface area (Å²) in [5.74, 6) is 1.04. The summed E-state index contributed by atoms with van der Waals surface area (Å²) in [6, 6.07) is 10.4. The molecule has 0 saturated heterocycles. The highest BCUT2D eigenvalue weighted by Crippen LogP contribution is 2.18. The molecule has 102 valence electrons. The highest BCUT2D eigenvalue weighted by atomic mass is 15.1. The van der Waals surface area contributed by atoms with E-state index in [0.717, 1.165) is 30.1 Å². The zero-order chi connectivity index (χ0) is 13.9. The third-order valence-corrected chi connectivity index (χ3v) is 3.45. The van der Waals surface area contributed by atoms with Crippen LogP contribution in [0.4, 0.5) is 0 Å². The highest BCUT2D eigenvalue weighted by molar-refractivity contribution is 5.82. The normalized spacial score (nSPS) is 11.1. The summed E-state index contributed by atoms with van der Waals surface area (Å²) < 4.78 is 2.03. The lowest BCUT2D eigenvalue weighted by Crippen LogP contribution is -2.16. The molecule has 1 N–H and O–H groups in total. The third kappa shape index (κ3) is 2.56. The van der Waals surface area contributed by atoms with Gasteiger partial charge in [-0.05, 0) is 24.6 Å². The molecule has 4 nitrogen and oxygen atoms in total. The molecule has 2 heterocycles. The van der Waals surface area contributed by atoms with Gasteiger partial charge in [0.05, 0.1) is 12.1 Å². The molecule has 0 bridgehead atoms. The van der Waals surface area contributed by atoms with Crippen molar-refractivity contribution in [1.29, 1.82) is 0 Å². The number of nitrogens with one attached hydrogen (secondary N) is 1. The summed E-state index contributed by atoms with van der Waals surface area (Å²) in [5, 5.41) is 4.67. The van der Waals surface area contributed by atoms with Crippen molar-refractivity contribution in [3.63, 3.8) is 0 Å². The summed E-state index contributed by atoms with van der Waals surface area (Å²) >= 11 is 0. The van der Waals surface area contributed by atoms with Crippen molar-refractivity contribution in [2.24, 2.45) is 7.05 Å². The van der Waals surface area contributed by atoms with Crippen LogP contribution in [0.1, 0.15) is 17.1 Å². The molecule has 0 aliphatic heterocycles. The Morgan fingerprint density at radius 2 is 2.05 bits per heavy atom. The number of fused-ring (bicyclic) bond motifs is 1. The van der Waals surface area contributed by atoms with Crippen LogP contribution >= 0.6 is 0 Å². The van der Waals surface area contributed by atoms with Gasteiger partial charge < -0.3 is 9.88 Å². The summed E-state index contributed by atoms with van der Waals surface area (Å²) in [6.45, 7) is 3.62. The SMILES string of the molecule is Cc1cc(CNCc2nccn2C)c2ccccc2n1. The number of aryl methyl sites for hydroxylation is 2. The Morgan fingerprint density at radius 1 is 1.20 bits per heavy atom. The molecule has 0 amide bonds. The second kappa shape index (κ2) is 5.43. The molecule has 1 aromatic carbocycles. The molecule has 4 heteroatoms. The molecule has 2 aromatic heterocycles. The first-order valence-corrected chi connectivity index (χ1v) is 6.76. The van der Waals surface area contributed by atoms with Gasteiger partial charge in [0.2, 0.25) is 0 Å². The summed E-state index contributed by atoms with van der Waals surface area (Å²) in [6.07, 6.45) is 3.78. The van der Waals surface area contributed by atoms with E-state index in [9.17, 15) is 0 Å². The van der Waals surface area contributed by atoms with E-state index >= 15 is 0 Å². The summed E-state index contributed by atoms with van der Waals surface area (Å²) in [5.41, 5.74) is 3.39. The lowest BCUT2D eigenvalue weighted by Gasteiger charge is -2.09. The average Bonchev–Trinajstić information content (AvgIpc) is 2.84. The van der Waals surface area contributed by atoms with Crippen LogP contribution in [0.3, 0.4) is 0 Å². The minimum absolute atomic E-state index is 0.763. The van der Waals surface area contributed by atoms with E-state index < -0.39 is 0 Å². The van der Waals surface area contributed by atoms with Crippen molar-refractivity contribution in [3.8, 4) is 0 Å². The standard InChI is InChI=1S/C16H18N4/c1-12-9-13(14-5-3-4-6-15(14)19-12)10-17-11-16-18-7-8-20(16)2/h3-9,17H,10-11H2,1-2H3. The maximum absolute atomic E-state index is 4.56. The third-order valence-electron chi connectivity index (χ3n) is 3.45. The predicted molar refractivity (Wildman–Crippen MR) is 80.2 cm³/mol. The number of aromatic nitrogens is 3. The van der Waals surface area contributed by atoms with E-state index in [2.05, 4.69) is 39.6 Å². The number of hydrogen-bond acceptors (Lipinski definition) is 3. The number of benzene rings is 1. The van der Waals surface area contributed by atoms with Gasteiger partial charge in [0, 0.05) is 37.1 Å². The molecule has 0 fully saturated rings. The maximum Gasteiger partial charge on any atom is 0.122 e. The first kappa shape index (κ1) is 12.8. The topological polar surface area (TPSA) is 42.7 Å². The van der Waals surface area contributed by atoms with E-state index in [-0.39, 0.29) is 0 Å². The van der Waals surface area contributed by atoms with Crippen molar-refractivity contribution in [2.45, 2.75) is 20.0 Å². The second-order valence-corrected chi connectivity index (χ2v) is 5.00. The summed E-state index contributed by atoms with van der Waals surface area (Å²) in [4.78, 5) is 8.88. The Morgan fingerprint density at radius 3 is 2.85 bits per heavy atom. The molecule has 3 rings (SSSR count). The van der Waals surface area contributed by atoms with Gasteiger partial charge in [0.1, 0.15) is 5.82 Å².